The number of hydrogen-bond donors (Lipinski definition) is 5. The van der Waals surface area contributed by atoms with Crippen LogP contribution in [0.2, 0.25) is 0 Å². The van der Waals surface area contributed by atoms with E-state index in [-0.39, 0.29) is 23.7 Å². The molecule has 112 valence electrons. The Hall–Kier alpha value is -2.00. The van der Waals surface area contributed by atoms with E-state index in [4.69, 9.17) is 15.6 Å². The van der Waals surface area contributed by atoms with Gasteiger partial charge in [0.1, 0.15) is 11.9 Å². The molecule has 2 heterocycles. The van der Waals surface area contributed by atoms with Crippen LogP contribution in [0.25, 0.3) is 10.9 Å². The van der Waals surface area contributed by atoms with Crippen molar-refractivity contribution in [3.05, 3.63) is 23.9 Å². The highest BCUT2D eigenvalue weighted by Crippen LogP contribution is 2.41. The molecule has 0 bridgehead atoms. The van der Waals surface area contributed by atoms with Crippen LogP contribution < -0.4 is 5.73 Å². The van der Waals surface area contributed by atoms with Gasteiger partial charge in [0.15, 0.2) is 5.79 Å². The maximum absolute atomic E-state index is 10.6. The molecule has 3 atom stereocenters. The molecule has 0 amide bonds. The third-order valence-electron chi connectivity index (χ3n) is 3.57. The monoisotopic (exact) mass is 293 g/mol. The molecule has 0 aliphatic carbocycles. The summed E-state index contributed by atoms with van der Waals surface area (Å²) < 4.78 is 5.35. The van der Waals surface area contributed by atoms with Gasteiger partial charge in [-0.2, -0.15) is 0 Å². The van der Waals surface area contributed by atoms with Crippen LogP contribution in [0, 0.1) is 0 Å². The topological polar surface area (TPSA) is 142 Å². The molecule has 0 saturated carbocycles. The Bertz CT molecular complexity index is 690. The van der Waals surface area contributed by atoms with Crippen molar-refractivity contribution < 1.29 is 25.2 Å². The maximum atomic E-state index is 10.6. The van der Waals surface area contributed by atoms with Gasteiger partial charge in [-0.05, 0) is 6.07 Å². The van der Waals surface area contributed by atoms with Gasteiger partial charge in [-0.15, -0.1) is 0 Å². The summed E-state index contributed by atoms with van der Waals surface area (Å²) in [6.07, 6.45) is -0.651. The SMILES string of the molecule is Nc1ncc2c([C@@]3(O)C[C@H](O)[C@@H](CO)O3)cc(O)cc2n1. The predicted octanol–water partition coefficient (Wildman–Crippen LogP) is -0.795. The van der Waals surface area contributed by atoms with Crippen LogP contribution >= 0.6 is 0 Å². The lowest BCUT2D eigenvalue weighted by Crippen LogP contribution is -2.27. The zero-order valence-corrected chi connectivity index (χ0v) is 11.0. The van der Waals surface area contributed by atoms with Crippen molar-refractivity contribution in [3.63, 3.8) is 0 Å². The first-order chi connectivity index (χ1) is 9.93. The first-order valence-corrected chi connectivity index (χ1v) is 6.38. The Morgan fingerprint density at radius 1 is 1.43 bits per heavy atom. The smallest absolute Gasteiger partial charge is 0.220 e. The molecule has 0 radical (unpaired) electrons. The second kappa shape index (κ2) is 4.78. The van der Waals surface area contributed by atoms with Crippen LogP contribution in [0.4, 0.5) is 5.95 Å². The number of aliphatic hydroxyl groups is 3. The van der Waals surface area contributed by atoms with Crippen LogP contribution in [-0.4, -0.2) is 49.2 Å². The second-order valence-electron chi connectivity index (χ2n) is 5.05. The molecular weight excluding hydrogens is 278 g/mol. The van der Waals surface area contributed by atoms with Crippen LogP contribution in [0.1, 0.15) is 12.0 Å². The Kier molecular flexibility index (Phi) is 3.18. The Balaban J connectivity index is 2.16. The molecule has 1 aliphatic heterocycles. The molecule has 8 heteroatoms. The number of benzene rings is 1. The zero-order chi connectivity index (χ0) is 15.2. The summed E-state index contributed by atoms with van der Waals surface area (Å²) in [5, 5.41) is 39.8. The number of phenols is 1. The van der Waals surface area contributed by atoms with Gasteiger partial charge >= 0.3 is 0 Å². The van der Waals surface area contributed by atoms with Crippen molar-refractivity contribution in [2.45, 2.75) is 24.4 Å². The third-order valence-corrected chi connectivity index (χ3v) is 3.57. The number of nitrogens with two attached hydrogens (primary N) is 1. The molecule has 1 saturated heterocycles. The highest BCUT2D eigenvalue weighted by molar-refractivity contribution is 5.84. The number of aromatic nitrogens is 2. The average Bonchev–Trinajstić information content (AvgIpc) is 2.73. The first kappa shape index (κ1) is 14.0. The molecule has 6 N–H and O–H groups in total. The quantitative estimate of drug-likeness (QED) is 0.484. The van der Waals surface area contributed by atoms with Crippen molar-refractivity contribution in [3.8, 4) is 5.75 Å². The number of aliphatic hydroxyl groups excluding tert-OH is 2. The summed E-state index contributed by atoms with van der Waals surface area (Å²) in [5.41, 5.74) is 6.06. The van der Waals surface area contributed by atoms with E-state index in [2.05, 4.69) is 9.97 Å². The molecule has 0 unspecified atom stereocenters. The number of phenolic OH excluding ortho intramolecular Hbond substituents is 1. The van der Waals surface area contributed by atoms with E-state index in [9.17, 15) is 15.3 Å². The normalized spacial score (nSPS) is 29.1. The van der Waals surface area contributed by atoms with Gasteiger partial charge in [-0.25, -0.2) is 9.97 Å². The number of ether oxygens (including phenoxy) is 1. The molecular formula is C13H15N3O5. The van der Waals surface area contributed by atoms with E-state index in [0.717, 1.165) is 0 Å². The first-order valence-electron chi connectivity index (χ1n) is 6.38. The number of aromatic hydroxyl groups is 1. The van der Waals surface area contributed by atoms with Crippen LogP contribution in [0.3, 0.4) is 0 Å². The van der Waals surface area contributed by atoms with Gasteiger partial charge in [-0.1, -0.05) is 0 Å². The molecule has 2 aromatic rings. The largest absolute Gasteiger partial charge is 0.508 e. The molecule has 1 fully saturated rings. The minimum absolute atomic E-state index is 0.0339. The second-order valence-corrected chi connectivity index (χ2v) is 5.05. The van der Waals surface area contributed by atoms with Crippen molar-refractivity contribution in [2.75, 3.05) is 12.3 Å². The Morgan fingerprint density at radius 2 is 2.19 bits per heavy atom. The minimum Gasteiger partial charge on any atom is -0.508 e. The molecule has 0 spiro atoms. The fraction of sp³-hybridized carbons (Fsp3) is 0.385. The van der Waals surface area contributed by atoms with Crippen LogP contribution in [0.15, 0.2) is 18.3 Å². The van der Waals surface area contributed by atoms with Crippen molar-refractivity contribution in [1.29, 1.82) is 0 Å². The number of rotatable bonds is 2. The van der Waals surface area contributed by atoms with Crippen LogP contribution in [0.5, 0.6) is 5.75 Å². The zero-order valence-electron chi connectivity index (χ0n) is 11.0. The molecule has 1 aromatic carbocycles. The highest BCUT2D eigenvalue weighted by atomic mass is 16.6. The lowest BCUT2D eigenvalue weighted by molar-refractivity contribution is -0.205. The lowest BCUT2D eigenvalue weighted by atomic mass is 9.97. The molecule has 21 heavy (non-hydrogen) atoms. The number of anilines is 1. The fourth-order valence-corrected chi connectivity index (χ4v) is 2.58. The summed E-state index contributed by atoms with van der Waals surface area (Å²) in [7, 11) is 0. The van der Waals surface area contributed by atoms with E-state index in [0.29, 0.717) is 10.9 Å². The Morgan fingerprint density at radius 3 is 2.86 bits per heavy atom. The van der Waals surface area contributed by atoms with Gasteiger partial charge in [0.05, 0.1) is 18.2 Å². The summed E-state index contributed by atoms with van der Waals surface area (Å²) in [6.45, 7) is -0.427. The van der Waals surface area contributed by atoms with Gasteiger partial charge in [0.2, 0.25) is 5.95 Å². The molecule has 8 nitrogen and oxygen atoms in total. The van der Waals surface area contributed by atoms with Gasteiger partial charge in [0, 0.05) is 29.6 Å². The number of nitrogen functional groups attached to an aromatic ring is 1. The number of fused-ring (bicyclic) bond motifs is 1. The summed E-state index contributed by atoms with van der Waals surface area (Å²) in [6, 6.07) is 2.70. The summed E-state index contributed by atoms with van der Waals surface area (Å²) in [4.78, 5) is 7.85. The number of hydrogen-bond acceptors (Lipinski definition) is 8. The fourth-order valence-electron chi connectivity index (χ4n) is 2.58. The molecule has 3 rings (SSSR count). The van der Waals surface area contributed by atoms with Crippen molar-refractivity contribution >= 4 is 16.9 Å². The van der Waals surface area contributed by atoms with Gasteiger partial charge in [0.25, 0.3) is 0 Å². The van der Waals surface area contributed by atoms with Gasteiger partial charge < -0.3 is 30.9 Å². The summed E-state index contributed by atoms with van der Waals surface area (Å²) in [5.74, 6) is -1.94. The summed E-state index contributed by atoms with van der Waals surface area (Å²) >= 11 is 0. The molecule has 1 aromatic heterocycles. The third kappa shape index (κ3) is 2.28. The van der Waals surface area contributed by atoms with E-state index in [1.807, 2.05) is 0 Å². The Labute approximate surface area is 119 Å². The predicted molar refractivity (Wildman–Crippen MR) is 72.1 cm³/mol. The van der Waals surface area contributed by atoms with E-state index in [1.165, 1.54) is 18.3 Å². The van der Waals surface area contributed by atoms with Crippen LogP contribution in [-0.2, 0) is 10.5 Å². The van der Waals surface area contributed by atoms with E-state index in [1.54, 1.807) is 0 Å². The standard InChI is InChI=1S/C13H15N3O5/c14-12-15-4-7-8(1-6(18)2-9(7)16-12)13(20)3-10(19)11(5-17)21-13/h1-2,4,10-11,17-20H,3,5H2,(H2,14,15,16)/t10-,11+,13+/m0/s1. The minimum atomic E-state index is -1.84. The van der Waals surface area contributed by atoms with Crippen molar-refractivity contribution in [2.24, 2.45) is 0 Å². The highest BCUT2D eigenvalue weighted by Gasteiger charge is 2.46. The lowest BCUT2D eigenvalue weighted by Gasteiger charge is -2.24. The maximum Gasteiger partial charge on any atom is 0.220 e. The van der Waals surface area contributed by atoms with E-state index >= 15 is 0 Å². The van der Waals surface area contributed by atoms with Crippen molar-refractivity contribution in [1.82, 2.24) is 9.97 Å². The molecule has 1 aliphatic rings. The number of nitrogens with zero attached hydrogens (tertiary/aromatic N) is 2. The average molecular weight is 293 g/mol. The van der Waals surface area contributed by atoms with E-state index < -0.39 is 24.6 Å². The van der Waals surface area contributed by atoms with Gasteiger partial charge in [-0.3, -0.25) is 0 Å².